The van der Waals surface area contributed by atoms with Crippen LogP contribution in [0.5, 0.6) is 5.88 Å². The number of halogens is 1. The smallest absolute Gasteiger partial charge is 0.316 e. The van der Waals surface area contributed by atoms with E-state index in [0.29, 0.717) is 61.3 Å². The highest BCUT2D eigenvalue weighted by atomic mass is 79.9. The zero-order valence-corrected chi connectivity index (χ0v) is 48.8. The molecule has 0 aliphatic heterocycles. The predicted octanol–water partition coefficient (Wildman–Crippen LogP) is 12.3. The molecule has 16 nitrogen and oxygen atoms in total. The Morgan fingerprint density at radius 3 is 1.48 bits per heavy atom. The molecule has 0 bridgehead atoms. The van der Waals surface area contributed by atoms with Crippen molar-refractivity contribution < 1.29 is 33.7 Å². The minimum absolute atomic E-state index is 0.0533. The van der Waals surface area contributed by atoms with Crippen molar-refractivity contribution in [2.24, 2.45) is 17.6 Å². The van der Waals surface area contributed by atoms with E-state index in [1.165, 1.54) is 98.8 Å². The molecule has 6 heterocycles. The summed E-state index contributed by atoms with van der Waals surface area (Å²) in [6, 6.07) is 1.27. The number of hydrogen-bond acceptors (Lipinski definition) is 18. The number of nitrogens with one attached hydrogen (secondary N) is 2. The number of carboxylic acid groups (broad SMARTS) is 1. The van der Waals surface area contributed by atoms with Crippen molar-refractivity contribution in [1.29, 1.82) is 0 Å². The molecule has 20 heteroatoms. The average Bonchev–Trinajstić information content (AvgIpc) is 4.33. The minimum Gasteiger partial charge on any atom is -0.481 e. The summed E-state index contributed by atoms with van der Waals surface area (Å²) < 4.78 is 15.7. The molecule has 416 valence electrons. The summed E-state index contributed by atoms with van der Waals surface area (Å²) in [6.45, 7) is 4.59. The van der Waals surface area contributed by atoms with Gasteiger partial charge in [-0.05, 0) is 190 Å². The summed E-state index contributed by atoms with van der Waals surface area (Å²) in [5.41, 5.74) is 10.3. The van der Waals surface area contributed by atoms with Crippen molar-refractivity contribution in [1.82, 2.24) is 29.9 Å². The number of aryl methyl sites for hydroxylation is 6. The zero-order chi connectivity index (χ0) is 53.7. The second-order valence-corrected chi connectivity index (χ2v) is 25.1. The topological polar surface area (TPSA) is 227 Å². The molecule has 6 aliphatic rings. The van der Waals surface area contributed by atoms with Gasteiger partial charge < -0.3 is 35.7 Å². The Morgan fingerprint density at radius 1 is 0.584 bits per heavy atom. The van der Waals surface area contributed by atoms with E-state index in [4.69, 9.17) is 20.3 Å². The maximum Gasteiger partial charge on any atom is 0.316 e. The molecule has 0 unspecified atom stereocenters. The Labute approximate surface area is 472 Å². The lowest BCUT2D eigenvalue weighted by Gasteiger charge is -2.29. The Bertz CT molecular complexity index is 2930. The highest BCUT2D eigenvalue weighted by Crippen LogP contribution is 2.43. The summed E-state index contributed by atoms with van der Waals surface area (Å²) in [6.07, 6.45) is 32.0. The van der Waals surface area contributed by atoms with Gasteiger partial charge in [0.2, 0.25) is 5.88 Å². The van der Waals surface area contributed by atoms with Gasteiger partial charge >= 0.3 is 17.9 Å². The fourth-order valence-electron chi connectivity index (χ4n) is 12.1. The predicted molar refractivity (Wildman–Crippen MR) is 311 cm³/mol. The quantitative estimate of drug-likeness (QED) is 0.0554. The van der Waals surface area contributed by atoms with Crippen molar-refractivity contribution >= 4 is 110 Å². The van der Waals surface area contributed by atoms with Crippen LogP contribution in [0, 0.1) is 11.8 Å². The number of carbonyl (C=O) groups excluding carboxylic acids is 2. The maximum atomic E-state index is 11.5. The number of esters is 2. The molecule has 3 fully saturated rings. The Morgan fingerprint density at radius 2 is 1.03 bits per heavy atom. The van der Waals surface area contributed by atoms with E-state index in [-0.39, 0.29) is 18.0 Å². The van der Waals surface area contributed by atoms with Gasteiger partial charge in [-0.2, -0.15) is 0 Å². The molecule has 6 aromatic heterocycles. The van der Waals surface area contributed by atoms with Crippen LogP contribution in [0.15, 0.2) is 19.0 Å². The SMILES string of the molecule is CCOC(=O)CBr.CCOC(=O)CCC1CCC(Nc2ncnc3sc4c(c23)CCC4)CC1.NC1CCC(Oc2ncnc3sc4c(c23)CCC4)CC1.O=C(O)CCC1CCC(Nc2ncnc3sc4c(c23)CCC4)CC1. The van der Waals surface area contributed by atoms with Gasteiger partial charge in [0.25, 0.3) is 0 Å². The lowest BCUT2D eigenvalue weighted by Crippen LogP contribution is -2.31. The Hall–Kier alpha value is -4.63. The van der Waals surface area contributed by atoms with Crippen LogP contribution < -0.4 is 21.1 Å². The molecule has 3 saturated carbocycles. The number of alkyl halides is 1. The number of ether oxygens (including phenoxy) is 3. The first-order chi connectivity index (χ1) is 37.6. The summed E-state index contributed by atoms with van der Waals surface area (Å²) >= 11 is 8.42. The van der Waals surface area contributed by atoms with Gasteiger partial charge in [0, 0.05) is 45.6 Å². The highest BCUT2D eigenvalue weighted by Gasteiger charge is 2.29. The van der Waals surface area contributed by atoms with Gasteiger partial charge in [0.05, 0.1) is 29.4 Å². The number of hydrogen-bond donors (Lipinski definition) is 4. The van der Waals surface area contributed by atoms with Crippen LogP contribution in [0.3, 0.4) is 0 Å². The van der Waals surface area contributed by atoms with Crippen molar-refractivity contribution in [3.05, 3.63) is 50.3 Å². The number of thiophene rings is 3. The normalized spacial score (nSPS) is 22.3. The Kier molecular flexibility index (Phi) is 20.7. The van der Waals surface area contributed by atoms with Crippen LogP contribution in [0.25, 0.3) is 30.6 Å². The van der Waals surface area contributed by atoms with Gasteiger partial charge in [-0.1, -0.05) is 15.9 Å². The minimum atomic E-state index is -0.676. The van der Waals surface area contributed by atoms with E-state index in [2.05, 4.69) is 61.2 Å². The van der Waals surface area contributed by atoms with Crippen LogP contribution in [0.2, 0.25) is 0 Å². The van der Waals surface area contributed by atoms with Crippen molar-refractivity contribution in [2.45, 2.75) is 199 Å². The highest BCUT2D eigenvalue weighted by molar-refractivity contribution is 9.09. The molecular formula is C57H76BrN9O7S3. The molecule has 0 aromatic carbocycles. The number of aromatic nitrogens is 6. The summed E-state index contributed by atoms with van der Waals surface area (Å²) in [5, 5.41) is 20.2. The summed E-state index contributed by atoms with van der Waals surface area (Å²) in [7, 11) is 0. The molecule has 0 amide bonds. The maximum absolute atomic E-state index is 11.5. The molecule has 5 N–H and O–H groups in total. The number of aliphatic carboxylic acids is 1. The molecular weight excluding hydrogens is 1100 g/mol. The molecule has 0 saturated heterocycles. The largest absolute Gasteiger partial charge is 0.481 e. The van der Waals surface area contributed by atoms with Gasteiger partial charge in [-0.25, -0.2) is 29.9 Å². The number of rotatable bonds is 15. The van der Waals surface area contributed by atoms with Crippen LogP contribution >= 0.6 is 49.9 Å². The van der Waals surface area contributed by atoms with Crippen molar-refractivity contribution in [2.75, 3.05) is 29.2 Å². The first-order valence-corrected chi connectivity index (χ1v) is 31.9. The molecule has 77 heavy (non-hydrogen) atoms. The third-order valence-corrected chi connectivity index (χ3v) is 20.1. The van der Waals surface area contributed by atoms with E-state index < -0.39 is 5.97 Å². The number of anilines is 2. The molecule has 6 aliphatic carbocycles. The fourth-order valence-corrected chi connectivity index (χ4v) is 15.9. The lowest BCUT2D eigenvalue weighted by molar-refractivity contribution is -0.143. The number of fused-ring (bicyclic) bond motifs is 9. The Balaban J connectivity index is 0.000000133. The number of carbonyl (C=O) groups is 3. The third kappa shape index (κ3) is 15.0. The van der Waals surface area contributed by atoms with Crippen molar-refractivity contribution in [3.8, 4) is 5.88 Å². The number of nitrogens with two attached hydrogens (primary N) is 1. The van der Waals surface area contributed by atoms with Crippen LogP contribution in [-0.2, 0) is 62.4 Å². The first-order valence-electron chi connectivity index (χ1n) is 28.4. The van der Waals surface area contributed by atoms with Gasteiger partial charge in [-0.3, -0.25) is 14.4 Å². The summed E-state index contributed by atoms with van der Waals surface area (Å²) in [4.78, 5) is 67.1. The van der Waals surface area contributed by atoms with E-state index in [1.807, 2.05) is 40.9 Å². The second-order valence-electron chi connectivity index (χ2n) is 21.3. The molecule has 0 spiro atoms. The molecule has 6 aromatic rings. The first kappa shape index (κ1) is 57.1. The molecule has 0 radical (unpaired) electrons. The van der Waals surface area contributed by atoms with E-state index in [9.17, 15) is 14.4 Å². The van der Waals surface area contributed by atoms with Gasteiger partial charge in [0.15, 0.2) is 0 Å². The van der Waals surface area contributed by atoms with Crippen LogP contribution in [0.4, 0.5) is 11.6 Å². The third-order valence-electron chi connectivity index (χ3n) is 16.1. The average molecular weight is 1180 g/mol. The van der Waals surface area contributed by atoms with Crippen LogP contribution in [-0.4, -0.2) is 95.7 Å². The van der Waals surface area contributed by atoms with E-state index in [0.717, 1.165) is 128 Å². The number of carboxylic acids is 1. The molecule has 12 rings (SSSR count). The van der Waals surface area contributed by atoms with Crippen molar-refractivity contribution in [3.63, 3.8) is 0 Å². The fraction of sp³-hybridized carbons (Fsp3) is 0.632. The molecule has 0 atom stereocenters. The number of nitrogens with zero attached hydrogens (tertiary/aromatic N) is 6. The zero-order valence-electron chi connectivity index (χ0n) is 44.8. The van der Waals surface area contributed by atoms with Crippen LogP contribution in [0.1, 0.15) is 167 Å². The summed E-state index contributed by atoms with van der Waals surface area (Å²) in [5.74, 6) is 3.12. The van der Waals surface area contributed by atoms with E-state index >= 15 is 0 Å². The van der Waals surface area contributed by atoms with Gasteiger partial charge in [-0.15, -0.1) is 34.0 Å². The monoisotopic (exact) mass is 1170 g/mol. The van der Waals surface area contributed by atoms with Gasteiger partial charge in [0.1, 0.15) is 56.5 Å². The standard InChI is InChI=1S/C20H27N3O2S.C18H23N3O2S.C15H19N3OS.C4H7BrO2/c1-2-25-17(24)11-8-13-6-9-14(10-7-13)23-19-18-15-4-3-5-16(15)26-20(18)22-12-21-19;22-15(23)9-6-11-4-7-12(8-5-11)21-17-16-13-2-1-3-14(13)24-18(16)20-10-19-17;16-9-4-6-10(7-5-9)19-14-13-11-2-1-3-12(11)20-15(13)18-8-17-14;1-2-7-4(6)3-5/h12-14H,2-11H2,1H3,(H,21,22,23);10-12H,1-9H2,(H,22,23)(H,19,20,21);8-10H,1-7,16H2;2-3H2,1H3. The second kappa shape index (κ2) is 28.0. The lowest BCUT2D eigenvalue weighted by atomic mass is 9.83. The van der Waals surface area contributed by atoms with E-state index in [1.54, 1.807) is 25.9 Å².